The molecular formula is C13H14N2OS. The minimum Gasteiger partial charge on any atom is -0.470 e. The molecule has 0 aliphatic carbocycles. The van der Waals surface area contributed by atoms with Crippen LogP contribution in [0.3, 0.4) is 0 Å². The molecule has 0 unspecified atom stereocenters. The van der Waals surface area contributed by atoms with Crippen LogP contribution in [0.5, 0.6) is 5.19 Å². The van der Waals surface area contributed by atoms with Crippen molar-refractivity contribution in [1.82, 2.24) is 4.98 Å². The highest BCUT2D eigenvalue weighted by molar-refractivity contribution is 7.17. The predicted octanol–water partition coefficient (Wildman–Crippen LogP) is 3.68. The van der Waals surface area contributed by atoms with E-state index in [9.17, 15) is 0 Å². The summed E-state index contributed by atoms with van der Waals surface area (Å²) in [6.45, 7) is 2.78. The van der Waals surface area contributed by atoms with Crippen molar-refractivity contribution in [2.75, 3.05) is 6.61 Å². The fourth-order valence-electron chi connectivity index (χ4n) is 1.24. The normalized spacial score (nSPS) is 10.9. The lowest BCUT2D eigenvalue weighted by molar-refractivity contribution is 0.316. The van der Waals surface area contributed by atoms with Gasteiger partial charge in [0.1, 0.15) is 5.00 Å². The molecular weight excluding hydrogens is 232 g/mol. The molecule has 1 aromatic carbocycles. The second kappa shape index (κ2) is 6.15. The molecule has 0 saturated heterocycles. The third-order valence-electron chi connectivity index (χ3n) is 2.04. The first-order valence-electron chi connectivity index (χ1n) is 5.56. The maximum atomic E-state index is 5.42. The van der Waals surface area contributed by atoms with Crippen LogP contribution >= 0.6 is 11.3 Å². The summed E-state index contributed by atoms with van der Waals surface area (Å²) in [5, 5.41) is 1.55. The van der Waals surface area contributed by atoms with Gasteiger partial charge < -0.3 is 4.74 Å². The molecule has 0 radical (unpaired) electrons. The number of rotatable bonds is 5. The zero-order chi connectivity index (χ0) is 11.9. The molecule has 0 amide bonds. The van der Waals surface area contributed by atoms with Crippen LogP contribution in [-0.2, 0) is 0 Å². The summed E-state index contributed by atoms with van der Waals surface area (Å²) in [7, 11) is 0. The quantitative estimate of drug-likeness (QED) is 0.754. The number of aliphatic imine (C=N–C) groups is 1. The fraction of sp³-hybridized carbons (Fsp3) is 0.231. The van der Waals surface area contributed by atoms with Gasteiger partial charge in [-0.1, -0.05) is 48.6 Å². The van der Waals surface area contributed by atoms with Crippen molar-refractivity contribution in [3.05, 3.63) is 42.1 Å². The Morgan fingerprint density at radius 2 is 2.18 bits per heavy atom. The summed E-state index contributed by atoms with van der Waals surface area (Å²) < 4.78 is 5.42. The summed E-state index contributed by atoms with van der Waals surface area (Å²) >= 11 is 1.46. The molecule has 0 atom stereocenters. The average molecular weight is 246 g/mol. The van der Waals surface area contributed by atoms with Crippen molar-refractivity contribution >= 4 is 22.6 Å². The number of benzene rings is 1. The Kier molecular flexibility index (Phi) is 4.27. The van der Waals surface area contributed by atoms with Crippen LogP contribution in [0, 0.1) is 0 Å². The van der Waals surface area contributed by atoms with Crippen LogP contribution < -0.4 is 4.74 Å². The molecule has 2 rings (SSSR count). The van der Waals surface area contributed by atoms with E-state index >= 15 is 0 Å². The monoisotopic (exact) mass is 246 g/mol. The predicted molar refractivity (Wildman–Crippen MR) is 71.6 cm³/mol. The fourth-order valence-corrected chi connectivity index (χ4v) is 1.88. The van der Waals surface area contributed by atoms with Crippen LogP contribution in [-0.4, -0.2) is 17.8 Å². The Hall–Kier alpha value is -1.68. The average Bonchev–Trinajstić information content (AvgIpc) is 2.83. The number of thiazole rings is 1. The first kappa shape index (κ1) is 11.8. The lowest BCUT2D eigenvalue weighted by Gasteiger charge is -1.96. The Bertz CT molecular complexity index is 479. The zero-order valence-corrected chi connectivity index (χ0v) is 10.5. The third-order valence-corrected chi connectivity index (χ3v) is 2.86. The van der Waals surface area contributed by atoms with E-state index in [-0.39, 0.29) is 0 Å². The van der Waals surface area contributed by atoms with Gasteiger partial charge in [0.15, 0.2) is 0 Å². The molecule has 0 aliphatic heterocycles. The van der Waals surface area contributed by atoms with Gasteiger partial charge in [0.2, 0.25) is 0 Å². The first-order valence-corrected chi connectivity index (χ1v) is 6.38. The Labute approximate surface area is 105 Å². The number of hydrogen-bond donors (Lipinski definition) is 0. The van der Waals surface area contributed by atoms with Gasteiger partial charge in [-0.05, 0) is 12.0 Å². The maximum Gasteiger partial charge on any atom is 0.275 e. The van der Waals surface area contributed by atoms with E-state index in [1.807, 2.05) is 36.5 Å². The molecule has 3 nitrogen and oxygen atoms in total. The van der Waals surface area contributed by atoms with Crippen molar-refractivity contribution in [2.24, 2.45) is 4.99 Å². The molecule has 0 N–H and O–H groups in total. The molecule has 2 aromatic rings. The molecule has 1 aromatic heterocycles. The van der Waals surface area contributed by atoms with E-state index in [0.29, 0.717) is 11.8 Å². The highest BCUT2D eigenvalue weighted by Crippen LogP contribution is 2.27. The van der Waals surface area contributed by atoms with Gasteiger partial charge in [-0.3, -0.25) is 0 Å². The van der Waals surface area contributed by atoms with Gasteiger partial charge in [-0.15, -0.1) is 0 Å². The minimum atomic E-state index is 0.687. The van der Waals surface area contributed by atoms with E-state index in [1.165, 1.54) is 11.3 Å². The summed E-state index contributed by atoms with van der Waals surface area (Å²) in [5.74, 6) is 0. The molecule has 0 fully saturated rings. The lowest BCUT2D eigenvalue weighted by Crippen LogP contribution is -1.93. The van der Waals surface area contributed by atoms with Crippen molar-refractivity contribution in [3.8, 4) is 5.19 Å². The first-order chi connectivity index (χ1) is 8.38. The summed E-state index contributed by atoms with van der Waals surface area (Å²) in [4.78, 5) is 8.50. The molecule has 88 valence electrons. The standard InChI is InChI=1S/C13H14N2OS/c1-2-8-16-13-15-10-12(17-13)14-9-11-6-4-3-5-7-11/h3-7,9-10H,2,8H2,1H3/b14-9+. The topological polar surface area (TPSA) is 34.5 Å². The Morgan fingerprint density at radius 3 is 2.94 bits per heavy atom. The van der Waals surface area contributed by atoms with Gasteiger partial charge >= 0.3 is 0 Å². The van der Waals surface area contributed by atoms with Gasteiger partial charge in [0, 0.05) is 6.21 Å². The second-order valence-electron chi connectivity index (χ2n) is 3.48. The molecule has 17 heavy (non-hydrogen) atoms. The van der Waals surface area contributed by atoms with Crippen LogP contribution in [0.1, 0.15) is 18.9 Å². The summed E-state index contributed by atoms with van der Waals surface area (Å²) in [6, 6.07) is 9.99. The van der Waals surface area contributed by atoms with Crippen LogP contribution in [0.15, 0.2) is 41.5 Å². The Balaban J connectivity index is 1.99. The third kappa shape index (κ3) is 3.67. The molecule has 4 heteroatoms. The van der Waals surface area contributed by atoms with E-state index in [0.717, 1.165) is 17.0 Å². The number of nitrogens with zero attached hydrogens (tertiary/aromatic N) is 2. The van der Waals surface area contributed by atoms with E-state index in [1.54, 1.807) is 6.20 Å². The zero-order valence-electron chi connectivity index (χ0n) is 9.67. The largest absolute Gasteiger partial charge is 0.470 e. The molecule has 0 saturated carbocycles. The second-order valence-corrected chi connectivity index (χ2v) is 4.45. The van der Waals surface area contributed by atoms with Crippen LogP contribution in [0.4, 0.5) is 5.00 Å². The number of ether oxygens (including phenoxy) is 1. The van der Waals surface area contributed by atoms with Crippen molar-refractivity contribution < 1.29 is 4.74 Å². The van der Waals surface area contributed by atoms with Gasteiger partial charge in [-0.2, -0.15) is 0 Å². The highest BCUT2D eigenvalue weighted by Gasteiger charge is 2.00. The molecule has 0 aliphatic rings. The molecule has 0 bridgehead atoms. The van der Waals surface area contributed by atoms with Gasteiger partial charge in [0.25, 0.3) is 5.19 Å². The van der Waals surface area contributed by atoms with E-state index in [4.69, 9.17) is 4.74 Å². The smallest absolute Gasteiger partial charge is 0.275 e. The van der Waals surface area contributed by atoms with Crippen molar-refractivity contribution in [1.29, 1.82) is 0 Å². The van der Waals surface area contributed by atoms with E-state index in [2.05, 4.69) is 16.9 Å². The number of aromatic nitrogens is 1. The van der Waals surface area contributed by atoms with Crippen molar-refractivity contribution in [2.45, 2.75) is 13.3 Å². The maximum absolute atomic E-state index is 5.42. The lowest BCUT2D eigenvalue weighted by atomic mass is 10.2. The van der Waals surface area contributed by atoms with E-state index < -0.39 is 0 Å². The van der Waals surface area contributed by atoms with Gasteiger partial charge in [0.05, 0.1) is 12.8 Å². The van der Waals surface area contributed by atoms with Gasteiger partial charge in [-0.25, -0.2) is 9.98 Å². The SMILES string of the molecule is CCCOc1ncc(/N=C/c2ccccc2)s1. The number of hydrogen-bond acceptors (Lipinski definition) is 4. The van der Waals surface area contributed by atoms with Crippen LogP contribution in [0.2, 0.25) is 0 Å². The minimum absolute atomic E-state index is 0.687. The van der Waals surface area contributed by atoms with Crippen LogP contribution in [0.25, 0.3) is 0 Å². The molecule has 1 heterocycles. The van der Waals surface area contributed by atoms with Crippen molar-refractivity contribution in [3.63, 3.8) is 0 Å². The highest BCUT2D eigenvalue weighted by atomic mass is 32.1. The Morgan fingerprint density at radius 1 is 1.35 bits per heavy atom. The molecule has 0 spiro atoms. The summed E-state index contributed by atoms with van der Waals surface area (Å²) in [5.41, 5.74) is 1.08. The summed E-state index contributed by atoms with van der Waals surface area (Å²) in [6.07, 6.45) is 4.55.